The highest BCUT2D eigenvalue weighted by Gasteiger charge is 2.47. The third-order valence-corrected chi connectivity index (χ3v) is 13.5. The predicted octanol–water partition coefficient (Wildman–Crippen LogP) is -0.104. The fraction of sp³-hybridized carbons (Fsp3) is 0.481. The van der Waals surface area contributed by atoms with Crippen molar-refractivity contribution in [1.82, 2.24) is 24.9 Å². The van der Waals surface area contributed by atoms with Crippen molar-refractivity contribution < 1.29 is 124 Å². The van der Waals surface area contributed by atoms with Crippen LogP contribution in [0.5, 0.6) is 23.0 Å². The topological polar surface area (TPSA) is 670 Å². The van der Waals surface area contributed by atoms with Crippen LogP contribution in [0.1, 0.15) is 30.5 Å². The second-order valence-corrected chi connectivity index (χ2v) is 19.9. The van der Waals surface area contributed by atoms with Crippen molar-refractivity contribution in [3.8, 4) is 23.0 Å². The highest BCUT2D eigenvalue weighted by Crippen LogP contribution is 2.35. The number of hydrogen-bond acceptors (Lipinski definition) is 37. The molecule has 0 aliphatic carbocycles. The Morgan fingerprint density at radius 3 is 1.54 bits per heavy atom. The number of nitrogen functional groups attached to an aromatic ring is 2. The lowest BCUT2D eigenvalue weighted by Crippen LogP contribution is -2.33. The summed E-state index contributed by atoms with van der Waals surface area (Å²) >= 11 is 0. The molecule has 0 bridgehead atoms. The molecule has 47 nitrogen and oxygen atoms in total. The van der Waals surface area contributed by atoms with Gasteiger partial charge in [0.05, 0.1) is 66.8 Å². The number of aromatic nitrogens is 5. The van der Waals surface area contributed by atoms with Crippen LogP contribution in [0.3, 0.4) is 0 Å². The number of hydrogen-bond donors (Lipinski definition) is 12. The van der Waals surface area contributed by atoms with E-state index in [0.717, 1.165) is 58.7 Å². The molecule has 11 rings (SSSR count). The molecule has 546 valence electrons. The van der Waals surface area contributed by atoms with Crippen molar-refractivity contribution in [2.24, 2.45) is 5.84 Å². The fourth-order valence-corrected chi connectivity index (χ4v) is 9.24. The van der Waals surface area contributed by atoms with E-state index in [4.69, 9.17) is 121 Å². The number of methoxy groups -OCH3 is 4. The lowest BCUT2D eigenvalue weighted by molar-refractivity contribution is -0.803. The molecule has 0 unspecified atom stereocenters. The molecule has 47 heteroatoms. The van der Waals surface area contributed by atoms with E-state index in [1.54, 1.807) is 40.7 Å². The van der Waals surface area contributed by atoms with Gasteiger partial charge in [0.1, 0.15) is 73.7 Å². The molecular weight excluding hydrogens is 1340 g/mol. The quantitative estimate of drug-likeness (QED) is 0.0260. The summed E-state index contributed by atoms with van der Waals surface area (Å²) in [6, 6.07) is 21.2. The van der Waals surface area contributed by atoms with Gasteiger partial charge in [-0.05, 0) is 60.5 Å². The van der Waals surface area contributed by atoms with E-state index in [1.807, 2.05) is 66.9 Å². The zero-order valence-corrected chi connectivity index (χ0v) is 52.7. The van der Waals surface area contributed by atoms with Gasteiger partial charge in [-0.15, -0.1) is 70.5 Å². The van der Waals surface area contributed by atoms with Crippen LogP contribution in [-0.2, 0) is 39.9 Å². The molecule has 5 aliphatic heterocycles. The van der Waals surface area contributed by atoms with Gasteiger partial charge in [-0.1, -0.05) is 30.3 Å². The monoisotopic (exact) mass is 1420 g/mol. The third-order valence-electron chi connectivity index (χ3n) is 13.5. The third kappa shape index (κ3) is 28.0. The van der Waals surface area contributed by atoms with E-state index in [2.05, 4.69) is 45.0 Å². The van der Waals surface area contributed by atoms with Gasteiger partial charge in [0, 0.05) is 47.9 Å². The molecule has 0 radical (unpaired) electrons. The van der Waals surface area contributed by atoms with Crippen molar-refractivity contribution in [2.45, 2.75) is 80.6 Å². The van der Waals surface area contributed by atoms with Gasteiger partial charge in [0.2, 0.25) is 0 Å². The van der Waals surface area contributed by atoms with Gasteiger partial charge in [0.15, 0.2) is 34.9 Å². The minimum Gasteiger partial charge on any atom is -0.493 e. The lowest BCUT2D eigenvalue weighted by Gasteiger charge is -2.27. The molecule has 8 heterocycles. The zero-order valence-electron chi connectivity index (χ0n) is 52.7. The van der Waals surface area contributed by atoms with E-state index >= 15 is 0 Å². The van der Waals surface area contributed by atoms with Crippen molar-refractivity contribution in [3.63, 3.8) is 0 Å². The summed E-state index contributed by atoms with van der Waals surface area (Å²) in [7, 11) is 6.53. The number of nitrogens with two attached hydrogens (primary N) is 2. The average Bonchev–Trinajstić information content (AvgIpc) is 1.78. The molecule has 0 saturated carbocycles. The number of fused-ring (bicyclic) bond motifs is 4. The lowest BCUT2D eigenvalue weighted by atomic mass is 10.0. The van der Waals surface area contributed by atoms with E-state index < -0.39 is 74.3 Å². The maximum absolute atomic E-state index is 9.83. The Labute approximate surface area is 555 Å². The number of nitrogens with one attached hydrogen (secondary N) is 2. The average molecular weight is 1420 g/mol. The van der Waals surface area contributed by atoms with Crippen LogP contribution in [0.4, 0.5) is 17.5 Å². The van der Waals surface area contributed by atoms with Crippen molar-refractivity contribution >= 4 is 39.0 Å². The number of piperidine rings is 1. The highest BCUT2D eigenvalue weighted by molar-refractivity contribution is 5.90. The first kappa shape index (κ1) is 81.8. The molecule has 5 saturated heterocycles. The SMILES string of the molecule is COc1ccc(Cc2nccc3cc(OC)c(OC)cc23)cc1OC.N=c1nc(N2CCCCC2)cc(N)n1O.NNc1nncc2ccccc12.O=[N+]([O-])O.O=[N+]([O-])O.O=[N+]([O-])O.O=[N+]([O-])OCC(CO[N+](=O)[O-])O[N+](=O)[O-].O[C@@H]1CO[C@H]2[C@@H]1OC[C@@H]2O.O[C@@H]1CO[C@H]2[C@@H]1OC[C@@H]2O. The Hall–Kier alpha value is -11.5. The summed E-state index contributed by atoms with van der Waals surface area (Å²) in [4.78, 5) is 76.2. The van der Waals surface area contributed by atoms with Crippen LogP contribution in [0.2, 0.25) is 0 Å². The van der Waals surface area contributed by atoms with Gasteiger partial charge in [-0.3, -0.25) is 10.4 Å². The second-order valence-electron chi connectivity index (χ2n) is 19.9. The summed E-state index contributed by atoms with van der Waals surface area (Å²) in [5.41, 5.74) is 9.88. The van der Waals surface area contributed by atoms with Gasteiger partial charge >= 0.3 is 0 Å². The fourth-order valence-electron chi connectivity index (χ4n) is 9.24. The smallest absolute Gasteiger partial charge is 0.294 e. The summed E-state index contributed by atoms with van der Waals surface area (Å²) in [6.07, 6.45) is 2.77. The van der Waals surface area contributed by atoms with E-state index in [9.17, 15) is 35.6 Å². The first-order chi connectivity index (χ1) is 47.0. The first-order valence-corrected chi connectivity index (χ1v) is 28.3. The van der Waals surface area contributed by atoms with E-state index in [1.165, 1.54) is 6.42 Å². The van der Waals surface area contributed by atoms with Gasteiger partial charge in [-0.2, -0.15) is 10.1 Å². The Morgan fingerprint density at radius 1 is 0.626 bits per heavy atom. The Morgan fingerprint density at radius 2 is 1.09 bits per heavy atom. The normalized spacial score (nSPS) is 19.4. The van der Waals surface area contributed by atoms with Crippen LogP contribution in [0, 0.1) is 66.1 Å². The van der Waals surface area contributed by atoms with Crippen LogP contribution in [-0.4, -0.2) is 233 Å². The molecule has 3 aromatic heterocycles. The number of ether oxygens (including phenoxy) is 8. The minimum absolute atomic E-state index is 0.149. The number of pyridine rings is 1. The largest absolute Gasteiger partial charge is 0.493 e. The molecular formula is C52H72N16O31. The Balaban J connectivity index is 0.000000306. The molecule has 3 aromatic carbocycles. The number of aliphatic hydroxyl groups excluding tert-OH is 4. The standard InChI is InChI=1S/C20H21NO4.C9H15N5O.C8H8N4.2C6H10O4.C3H5N3O9.3HNO3/c1-22-17-6-5-13(10-18(17)23-2)9-16-15-12-20(25-4)19(24-3)11-14(15)7-8-21-16;10-7-6-8(12-9(11)14(7)15)13-4-2-1-3-5-13;9-11-8-7-4-2-1-3-6(7)5-10-12-8;2*7-3-1-9-6-4(8)2-10-5(3)6;7-4(8)13-1-3(15-6(11)12)2-14-5(9)10;3*2-1(3)4/h5-8,10-12H,9H2,1-4H3;6,11,15H,1-5,10H2;1-5H,9H2,(H,11,12);2*3-8H,1-2H2;3H,1-2H2;3*(H,2,3,4)/t;;;2*3-,4+,5-,6-;;;;/m...11..../s1. The maximum atomic E-state index is 9.83. The molecule has 99 heavy (non-hydrogen) atoms. The maximum Gasteiger partial charge on any atom is 0.294 e. The molecule has 0 amide bonds. The molecule has 5 fully saturated rings. The number of hydrazine groups is 1. The molecule has 5 aliphatic rings. The number of aliphatic hydroxyl groups is 4. The van der Waals surface area contributed by atoms with E-state index in [-0.39, 0.29) is 62.3 Å². The second kappa shape index (κ2) is 42.2. The van der Waals surface area contributed by atoms with Gasteiger partial charge < -0.3 is 110 Å². The number of anilines is 3. The highest BCUT2D eigenvalue weighted by atomic mass is 17.0. The number of benzene rings is 3. The molecule has 8 atom stereocenters. The van der Waals surface area contributed by atoms with Crippen LogP contribution in [0.15, 0.2) is 79.1 Å². The van der Waals surface area contributed by atoms with Crippen molar-refractivity contribution in [3.05, 3.63) is 157 Å². The number of rotatable bonds is 16. The van der Waals surface area contributed by atoms with Crippen LogP contribution in [0.25, 0.3) is 21.5 Å². The van der Waals surface area contributed by atoms with E-state index in [0.29, 0.717) is 45.8 Å². The van der Waals surface area contributed by atoms with Crippen LogP contribution < -0.4 is 46.5 Å². The van der Waals surface area contributed by atoms with Crippen molar-refractivity contribution in [1.29, 1.82) is 5.41 Å². The summed E-state index contributed by atoms with van der Waals surface area (Å²) < 4.78 is 42.4. The molecule has 6 aromatic rings. The Bertz CT molecular complexity index is 3470. The first-order valence-electron chi connectivity index (χ1n) is 28.3. The summed E-state index contributed by atoms with van der Waals surface area (Å²) in [5, 5.41) is 131. The molecule has 0 spiro atoms. The summed E-state index contributed by atoms with van der Waals surface area (Å²) in [6.45, 7) is 1.34. The number of nitrogens with zero attached hydrogens (tertiary/aromatic N) is 12. The van der Waals surface area contributed by atoms with Crippen molar-refractivity contribution in [2.75, 3.05) is 97.2 Å². The zero-order chi connectivity index (χ0) is 73.9. The van der Waals surface area contributed by atoms with Crippen LogP contribution >= 0.6 is 0 Å². The Kier molecular flexibility index (Phi) is 34.8. The summed E-state index contributed by atoms with van der Waals surface area (Å²) in [5.74, 6) is 9.52. The van der Waals surface area contributed by atoms with Gasteiger partial charge in [-0.25, -0.2) is 5.84 Å². The predicted molar refractivity (Wildman–Crippen MR) is 327 cm³/mol. The minimum atomic E-state index is -1.55. The van der Waals surface area contributed by atoms with Gasteiger partial charge in [0.25, 0.3) is 36.1 Å². The molecule has 14 N–H and O–H groups in total.